The predicted octanol–water partition coefficient (Wildman–Crippen LogP) is 4.32. The molecule has 17 heavy (non-hydrogen) atoms. The van der Waals surface area contributed by atoms with Crippen LogP contribution in [-0.2, 0) is 0 Å². The van der Waals surface area contributed by atoms with Gasteiger partial charge in [-0.25, -0.2) is 0 Å². The van der Waals surface area contributed by atoms with E-state index < -0.39 is 0 Å². The van der Waals surface area contributed by atoms with Gasteiger partial charge in [0.05, 0.1) is 0 Å². The van der Waals surface area contributed by atoms with Crippen molar-refractivity contribution in [3.63, 3.8) is 0 Å². The Kier molecular flexibility index (Phi) is 3.24. The molecule has 0 N–H and O–H groups in total. The van der Waals surface area contributed by atoms with Crippen molar-refractivity contribution in [3.05, 3.63) is 39.5 Å². The number of nitrogens with zero attached hydrogens (tertiary/aromatic N) is 1. The highest BCUT2D eigenvalue weighted by molar-refractivity contribution is 9.10. The van der Waals surface area contributed by atoms with Crippen molar-refractivity contribution in [1.82, 2.24) is 4.90 Å². The first-order valence-electron chi connectivity index (χ1n) is 6.10. The molecule has 90 valence electrons. The molecule has 1 aromatic heterocycles. The van der Waals surface area contributed by atoms with Crippen LogP contribution >= 0.6 is 27.3 Å². The lowest BCUT2D eigenvalue weighted by Gasteiger charge is -2.32. The van der Waals surface area contributed by atoms with Crippen molar-refractivity contribution in [3.8, 4) is 0 Å². The minimum absolute atomic E-state index is 0.635. The Balaban J connectivity index is 1.89. The van der Waals surface area contributed by atoms with Gasteiger partial charge in [-0.05, 0) is 52.2 Å². The van der Waals surface area contributed by atoms with E-state index in [1.54, 1.807) is 5.57 Å². The van der Waals surface area contributed by atoms with E-state index >= 15 is 0 Å². The Labute approximate surface area is 115 Å². The van der Waals surface area contributed by atoms with Crippen LogP contribution in [0.3, 0.4) is 0 Å². The van der Waals surface area contributed by atoms with Crippen LogP contribution in [0.4, 0.5) is 0 Å². The topological polar surface area (TPSA) is 3.24 Å². The summed E-state index contributed by atoms with van der Waals surface area (Å²) in [6, 6.07) is 3.52. The van der Waals surface area contributed by atoms with Crippen LogP contribution in [-0.4, -0.2) is 23.5 Å². The van der Waals surface area contributed by atoms with E-state index in [1.165, 1.54) is 28.6 Å². The summed E-state index contributed by atoms with van der Waals surface area (Å²) in [5.74, 6) is 0. The fourth-order valence-electron chi connectivity index (χ4n) is 3.04. The molecule has 0 saturated carbocycles. The zero-order valence-electron chi connectivity index (χ0n) is 9.73. The second kappa shape index (κ2) is 4.71. The Morgan fingerprint density at radius 1 is 1.53 bits per heavy atom. The summed E-state index contributed by atoms with van der Waals surface area (Å²) < 4.78 is 1.25. The van der Waals surface area contributed by atoms with Crippen LogP contribution < -0.4 is 0 Å². The number of fused-ring (bicyclic) bond motifs is 2. The lowest BCUT2D eigenvalue weighted by Crippen LogP contribution is -2.38. The molecule has 0 amide bonds. The first kappa shape index (κ1) is 11.7. The quantitative estimate of drug-likeness (QED) is 0.752. The van der Waals surface area contributed by atoms with Crippen LogP contribution in [0.5, 0.6) is 0 Å². The highest BCUT2D eigenvalue weighted by Crippen LogP contribution is 2.41. The minimum atomic E-state index is 0.635. The van der Waals surface area contributed by atoms with Crippen LogP contribution in [0.2, 0.25) is 0 Å². The fraction of sp³-hybridized carbons (Fsp3) is 0.429. The van der Waals surface area contributed by atoms with Crippen LogP contribution in [0, 0.1) is 0 Å². The third-order valence-corrected chi connectivity index (χ3v) is 5.70. The molecule has 1 nitrogen and oxygen atoms in total. The fourth-order valence-corrected chi connectivity index (χ4v) is 4.71. The maximum absolute atomic E-state index is 3.87. The molecule has 2 aliphatic heterocycles. The summed E-state index contributed by atoms with van der Waals surface area (Å²) in [6.45, 7) is 4.90. The first-order chi connectivity index (χ1) is 8.29. The second-order valence-electron chi connectivity index (χ2n) is 4.78. The van der Waals surface area contributed by atoms with Crippen molar-refractivity contribution >= 4 is 32.8 Å². The van der Waals surface area contributed by atoms with E-state index in [1.807, 2.05) is 17.4 Å². The lowest BCUT2D eigenvalue weighted by molar-refractivity contribution is 0.237. The molecule has 1 aromatic rings. The molecule has 1 fully saturated rings. The van der Waals surface area contributed by atoms with Gasteiger partial charge in [0.2, 0.25) is 0 Å². The molecule has 2 atom stereocenters. The molecular weight excluding hydrogens is 294 g/mol. The normalized spacial score (nSPS) is 28.2. The second-order valence-corrected chi connectivity index (χ2v) is 6.55. The molecule has 3 rings (SSSR count). The lowest BCUT2D eigenvalue weighted by atomic mass is 10.00. The maximum atomic E-state index is 3.87. The Bertz CT molecular complexity index is 463. The highest BCUT2D eigenvalue weighted by Gasteiger charge is 2.36. The SMILES string of the molecule is C=CCN1C2C=C(c3sccc3Br)CC1CC2. The molecule has 2 unspecified atom stereocenters. The molecule has 0 spiro atoms. The maximum Gasteiger partial charge on any atom is 0.0442 e. The van der Waals surface area contributed by atoms with Gasteiger partial charge in [0.25, 0.3) is 0 Å². The number of halogens is 1. The number of hydrogen-bond acceptors (Lipinski definition) is 2. The van der Waals surface area contributed by atoms with Gasteiger partial charge >= 0.3 is 0 Å². The summed E-state index contributed by atoms with van der Waals surface area (Å²) in [4.78, 5) is 4.03. The Hall–Kier alpha value is -0.380. The Morgan fingerprint density at radius 3 is 3.06 bits per heavy atom. The third kappa shape index (κ3) is 2.05. The van der Waals surface area contributed by atoms with E-state index in [0.717, 1.165) is 12.6 Å². The van der Waals surface area contributed by atoms with Crippen LogP contribution in [0.25, 0.3) is 5.57 Å². The molecule has 2 aliphatic rings. The molecule has 3 heterocycles. The van der Waals surface area contributed by atoms with Gasteiger partial charge in [-0.3, -0.25) is 4.90 Å². The summed E-state index contributed by atoms with van der Waals surface area (Å²) in [7, 11) is 0. The standard InChI is InChI=1S/C14H16BrNS/c1-2-6-16-11-3-4-12(16)9-10(8-11)14-13(15)5-7-17-14/h2,5,7-8,11-12H,1,3-4,6,9H2. The third-order valence-electron chi connectivity index (χ3n) is 3.79. The van der Waals surface area contributed by atoms with E-state index in [-0.39, 0.29) is 0 Å². The van der Waals surface area contributed by atoms with E-state index in [4.69, 9.17) is 0 Å². The smallest absolute Gasteiger partial charge is 0.0442 e. The van der Waals surface area contributed by atoms with E-state index in [0.29, 0.717) is 6.04 Å². The zero-order valence-corrected chi connectivity index (χ0v) is 12.1. The van der Waals surface area contributed by atoms with Gasteiger partial charge in [0.1, 0.15) is 0 Å². The van der Waals surface area contributed by atoms with Crippen molar-refractivity contribution in [2.24, 2.45) is 0 Å². The average Bonchev–Trinajstić information content (AvgIpc) is 2.82. The molecule has 0 aliphatic carbocycles. The van der Waals surface area contributed by atoms with Crippen molar-refractivity contribution in [1.29, 1.82) is 0 Å². The summed E-state index contributed by atoms with van der Waals surface area (Å²) in [5, 5.41) is 2.16. The molecular formula is C14H16BrNS. The van der Waals surface area contributed by atoms with Gasteiger partial charge in [-0.15, -0.1) is 17.9 Å². The first-order valence-corrected chi connectivity index (χ1v) is 7.77. The zero-order chi connectivity index (χ0) is 11.8. The average molecular weight is 310 g/mol. The van der Waals surface area contributed by atoms with Gasteiger partial charge in [0, 0.05) is 28.0 Å². The summed E-state index contributed by atoms with van der Waals surface area (Å²) in [5.41, 5.74) is 1.54. The van der Waals surface area contributed by atoms with Crippen molar-refractivity contribution in [2.45, 2.75) is 31.3 Å². The Morgan fingerprint density at radius 2 is 2.41 bits per heavy atom. The van der Waals surface area contributed by atoms with Crippen molar-refractivity contribution < 1.29 is 0 Å². The molecule has 2 bridgehead atoms. The van der Waals surface area contributed by atoms with Gasteiger partial charge < -0.3 is 0 Å². The monoisotopic (exact) mass is 309 g/mol. The van der Waals surface area contributed by atoms with Gasteiger partial charge in [0.15, 0.2) is 0 Å². The minimum Gasteiger partial charge on any atom is -0.290 e. The predicted molar refractivity (Wildman–Crippen MR) is 78.3 cm³/mol. The van der Waals surface area contributed by atoms with E-state index in [2.05, 4.69) is 44.9 Å². The molecule has 3 heteroatoms. The van der Waals surface area contributed by atoms with Crippen molar-refractivity contribution in [2.75, 3.05) is 6.54 Å². The number of rotatable bonds is 3. The number of thiophene rings is 1. The summed E-state index contributed by atoms with van der Waals surface area (Å²) >= 11 is 5.50. The summed E-state index contributed by atoms with van der Waals surface area (Å²) in [6.07, 6.45) is 8.35. The van der Waals surface area contributed by atoms with E-state index in [9.17, 15) is 0 Å². The molecule has 1 saturated heterocycles. The van der Waals surface area contributed by atoms with Gasteiger partial charge in [-0.2, -0.15) is 0 Å². The number of hydrogen-bond donors (Lipinski definition) is 0. The van der Waals surface area contributed by atoms with Gasteiger partial charge in [-0.1, -0.05) is 12.2 Å². The molecule has 0 radical (unpaired) electrons. The molecule has 0 aromatic carbocycles. The van der Waals surface area contributed by atoms with Crippen LogP contribution in [0.1, 0.15) is 24.1 Å². The van der Waals surface area contributed by atoms with Crippen LogP contribution in [0.15, 0.2) is 34.7 Å². The highest BCUT2D eigenvalue weighted by atomic mass is 79.9. The largest absolute Gasteiger partial charge is 0.290 e.